The molecule has 0 aliphatic carbocycles. The van der Waals surface area contributed by atoms with Crippen LogP contribution in [0.1, 0.15) is 13.3 Å². The first-order valence-electron chi connectivity index (χ1n) is 8.73. The minimum atomic E-state index is -0.498. The molecule has 0 saturated carbocycles. The van der Waals surface area contributed by atoms with Gasteiger partial charge in [0.25, 0.3) is 0 Å². The van der Waals surface area contributed by atoms with Crippen molar-refractivity contribution in [3.8, 4) is 5.75 Å². The number of rotatable bonds is 9. The highest BCUT2D eigenvalue weighted by molar-refractivity contribution is 5.95. The van der Waals surface area contributed by atoms with Gasteiger partial charge in [-0.15, -0.1) is 0 Å². The molecule has 2 rings (SSSR count). The molecule has 0 aromatic heterocycles. The number of benzene rings is 2. The molecule has 6 nitrogen and oxygen atoms in total. The summed E-state index contributed by atoms with van der Waals surface area (Å²) < 4.78 is 18.9. The predicted molar refractivity (Wildman–Crippen MR) is 103 cm³/mol. The molecule has 2 aromatic carbocycles. The van der Waals surface area contributed by atoms with Crippen LogP contribution in [-0.2, 0) is 9.59 Å². The monoisotopic (exact) mass is 373 g/mol. The molecule has 2 N–H and O–H groups in total. The van der Waals surface area contributed by atoms with Crippen molar-refractivity contribution >= 4 is 23.2 Å². The standard InChI is InChI=1S/C20H24FN3O3/c1-3-12-24(13-19(25)22-16-9-5-4-8-15(16)21)14-20(26)23-17-10-6-7-11-18(17)27-2/h4-11H,3,12-14H2,1-2H3,(H,22,25)(H,23,26). The molecule has 0 aliphatic rings. The van der Waals surface area contributed by atoms with E-state index in [1.54, 1.807) is 35.2 Å². The Morgan fingerprint density at radius 1 is 0.963 bits per heavy atom. The highest BCUT2D eigenvalue weighted by Crippen LogP contribution is 2.22. The smallest absolute Gasteiger partial charge is 0.238 e. The van der Waals surface area contributed by atoms with E-state index in [2.05, 4.69) is 10.6 Å². The second-order valence-corrected chi connectivity index (χ2v) is 5.99. The summed E-state index contributed by atoms with van der Waals surface area (Å²) in [4.78, 5) is 26.3. The summed E-state index contributed by atoms with van der Waals surface area (Å²) >= 11 is 0. The lowest BCUT2D eigenvalue weighted by Crippen LogP contribution is -2.39. The van der Waals surface area contributed by atoms with Crippen molar-refractivity contribution in [2.24, 2.45) is 0 Å². The maximum atomic E-state index is 13.7. The number of ether oxygens (including phenoxy) is 1. The van der Waals surface area contributed by atoms with Crippen LogP contribution in [0.4, 0.5) is 15.8 Å². The van der Waals surface area contributed by atoms with Gasteiger partial charge in [-0.05, 0) is 37.2 Å². The van der Waals surface area contributed by atoms with Crippen LogP contribution in [-0.4, -0.2) is 43.5 Å². The number of anilines is 2. The summed E-state index contributed by atoms with van der Waals surface area (Å²) in [6.07, 6.45) is 0.773. The van der Waals surface area contributed by atoms with E-state index in [1.807, 2.05) is 13.0 Å². The number of methoxy groups -OCH3 is 1. The minimum absolute atomic E-state index is 0.0124. The normalized spacial score (nSPS) is 10.5. The van der Waals surface area contributed by atoms with Crippen LogP contribution in [0.15, 0.2) is 48.5 Å². The van der Waals surface area contributed by atoms with E-state index in [-0.39, 0.29) is 30.6 Å². The van der Waals surface area contributed by atoms with Crippen LogP contribution in [0.2, 0.25) is 0 Å². The van der Waals surface area contributed by atoms with Crippen LogP contribution in [0.25, 0.3) is 0 Å². The van der Waals surface area contributed by atoms with Crippen LogP contribution in [0.3, 0.4) is 0 Å². The minimum Gasteiger partial charge on any atom is -0.495 e. The average molecular weight is 373 g/mol. The van der Waals surface area contributed by atoms with Crippen molar-refractivity contribution in [1.29, 1.82) is 0 Å². The van der Waals surface area contributed by atoms with Gasteiger partial charge in [-0.1, -0.05) is 31.2 Å². The van der Waals surface area contributed by atoms with Crippen molar-refractivity contribution in [2.45, 2.75) is 13.3 Å². The Hall–Kier alpha value is -2.93. The van der Waals surface area contributed by atoms with Crippen molar-refractivity contribution in [3.63, 3.8) is 0 Å². The molecule has 7 heteroatoms. The molecule has 0 spiro atoms. The van der Waals surface area contributed by atoms with Crippen molar-refractivity contribution < 1.29 is 18.7 Å². The summed E-state index contributed by atoms with van der Waals surface area (Å²) in [5.74, 6) is -0.572. The van der Waals surface area contributed by atoms with Gasteiger partial charge in [0.1, 0.15) is 11.6 Å². The molecular formula is C20H24FN3O3. The van der Waals surface area contributed by atoms with E-state index in [0.29, 0.717) is 18.0 Å². The molecular weight excluding hydrogens is 349 g/mol. The van der Waals surface area contributed by atoms with Crippen molar-refractivity contribution in [2.75, 3.05) is 37.4 Å². The second kappa shape index (κ2) is 10.3. The Labute approximate surface area is 158 Å². The first-order chi connectivity index (χ1) is 13.0. The summed E-state index contributed by atoms with van der Waals surface area (Å²) in [5, 5.41) is 5.32. The predicted octanol–water partition coefficient (Wildman–Crippen LogP) is 3.12. The van der Waals surface area contributed by atoms with E-state index < -0.39 is 5.82 Å². The van der Waals surface area contributed by atoms with Crippen LogP contribution in [0, 0.1) is 5.82 Å². The first kappa shape index (κ1) is 20.4. The van der Waals surface area contributed by atoms with Gasteiger partial charge in [0.15, 0.2) is 0 Å². The van der Waals surface area contributed by atoms with Gasteiger partial charge in [-0.2, -0.15) is 0 Å². The van der Waals surface area contributed by atoms with Gasteiger partial charge < -0.3 is 15.4 Å². The van der Waals surface area contributed by atoms with Gasteiger partial charge in [0, 0.05) is 0 Å². The van der Waals surface area contributed by atoms with E-state index in [4.69, 9.17) is 4.74 Å². The Kier molecular flexibility index (Phi) is 7.76. The van der Waals surface area contributed by atoms with Gasteiger partial charge >= 0.3 is 0 Å². The van der Waals surface area contributed by atoms with Gasteiger partial charge in [-0.3, -0.25) is 14.5 Å². The summed E-state index contributed by atoms with van der Waals surface area (Å²) in [7, 11) is 1.53. The third-order valence-corrected chi connectivity index (χ3v) is 3.80. The van der Waals surface area contributed by atoms with E-state index in [1.165, 1.54) is 19.2 Å². The Morgan fingerprint density at radius 2 is 1.52 bits per heavy atom. The van der Waals surface area contributed by atoms with E-state index >= 15 is 0 Å². The molecule has 144 valence electrons. The fraction of sp³-hybridized carbons (Fsp3) is 0.300. The third kappa shape index (κ3) is 6.38. The lowest BCUT2D eigenvalue weighted by atomic mass is 10.3. The van der Waals surface area contributed by atoms with Crippen LogP contribution < -0.4 is 15.4 Å². The van der Waals surface area contributed by atoms with Gasteiger partial charge in [0.2, 0.25) is 11.8 Å². The lowest BCUT2D eigenvalue weighted by Gasteiger charge is -2.21. The molecule has 0 atom stereocenters. The molecule has 0 unspecified atom stereocenters. The Balaban J connectivity index is 1.95. The molecule has 0 bridgehead atoms. The molecule has 27 heavy (non-hydrogen) atoms. The zero-order chi connectivity index (χ0) is 19.6. The second-order valence-electron chi connectivity index (χ2n) is 5.99. The lowest BCUT2D eigenvalue weighted by molar-refractivity contribution is -0.120. The number of amides is 2. The zero-order valence-electron chi connectivity index (χ0n) is 15.5. The largest absolute Gasteiger partial charge is 0.495 e. The number of carbonyl (C=O) groups excluding carboxylic acids is 2. The van der Waals surface area contributed by atoms with E-state index in [9.17, 15) is 14.0 Å². The highest BCUT2D eigenvalue weighted by Gasteiger charge is 2.16. The third-order valence-electron chi connectivity index (χ3n) is 3.80. The summed E-state index contributed by atoms with van der Waals surface area (Å²) in [5.41, 5.74) is 0.690. The number of para-hydroxylation sites is 3. The number of hydrogen-bond acceptors (Lipinski definition) is 4. The Morgan fingerprint density at radius 3 is 2.11 bits per heavy atom. The van der Waals surface area contributed by atoms with E-state index in [0.717, 1.165) is 6.42 Å². The zero-order valence-corrected chi connectivity index (χ0v) is 15.5. The topological polar surface area (TPSA) is 70.7 Å². The SMILES string of the molecule is CCCN(CC(=O)Nc1ccccc1F)CC(=O)Nc1ccccc1OC. The molecule has 0 fully saturated rings. The van der Waals surface area contributed by atoms with Crippen LogP contribution >= 0.6 is 0 Å². The van der Waals surface area contributed by atoms with Crippen LogP contribution in [0.5, 0.6) is 5.75 Å². The summed E-state index contributed by atoms with van der Waals surface area (Å²) in [6, 6.07) is 13.1. The molecule has 0 radical (unpaired) electrons. The first-order valence-corrected chi connectivity index (χ1v) is 8.73. The highest BCUT2D eigenvalue weighted by atomic mass is 19.1. The molecule has 0 heterocycles. The molecule has 0 aliphatic heterocycles. The number of carbonyl (C=O) groups is 2. The van der Waals surface area contributed by atoms with Gasteiger partial charge in [-0.25, -0.2) is 4.39 Å². The number of halogens is 1. The maximum absolute atomic E-state index is 13.7. The molecule has 0 saturated heterocycles. The molecule has 2 aromatic rings. The number of nitrogens with zero attached hydrogens (tertiary/aromatic N) is 1. The Bertz CT molecular complexity index is 783. The summed E-state index contributed by atoms with van der Waals surface area (Å²) in [6.45, 7) is 2.54. The van der Waals surface area contributed by atoms with Gasteiger partial charge in [0.05, 0.1) is 31.6 Å². The quantitative estimate of drug-likeness (QED) is 0.709. The fourth-order valence-corrected chi connectivity index (χ4v) is 2.63. The van der Waals surface area contributed by atoms with Crippen molar-refractivity contribution in [1.82, 2.24) is 4.90 Å². The fourth-order valence-electron chi connectivity index (χ4n) is 2.63. The molecule has 2 amide bonds. The number of nitrogens with one attached hydrogen (secondary N) is 2. The van der Waals surface area contributed by atoms with Crippen molar-refractivity contribution in [3.05, 3.63) is 54.3 Å². The number of hydrogen-bond donors (Lipinski definition) is 2. The average Bonchev–Trinajstić information content (AvgIpc) is 2.64. The maximum Gasteiger partial charge on any atom is 0.238 e.